The molecule has 3 aromatic rings. The second kappa shape index (κ2) is 6.31. The Morgan fingerprint density at radius 2 is 1.93 bits per heavy atom. The Bertz CT molecular complexity index is 1030. The molecule has 4 heteroatoms. The van der Waals surface area contributed by atoms with Crippen molar-refractivity contribution in [3.8, 4) is 17.4 Å². The number of nitrogens with zero attached hydrogens (tertiary/aromatic N) is 2. The van der Waals surface area contributed by atoms with Crippen LogP contribution in [0.4, 0.5) is 11.4 Å². The Morgan fingerprint density at radius 3 is 2.74 bits per heavy atom. The highest BCUT2D eigenvalue weighted by molar-refractivity contribution is 5.77. The van der Waals surface area contributed by atoms with E-state index in [-0.39, 0.29) is 0 Å². The van der Waals surface area contributed by atoms with Gasteiger partial charge in [-0.25, -0.2) is 4.98 Å². The summed E-state index contributed by atoms with van der Waals surface area (Å²) in [6.45, 7) is 2.84. The molecule has 0 atom stereocenters. The van der Waals surface area contributed by atoms with Crippen LogP contribution in [-0.2, 0) is 19.4 Å². The Kier molecular flexibility index (Phi) is 3.78. The highest BCUT2D eigenvalue weighted by Gasteiger charge is 2.28. The first-order valence-corrected chi connectivity index (χ1v) is 9.42. The minimum absolute atomic E-state index is 0.674. The van der Waals surface area contributed by atoms with Gasteiger partial charge in [0.05, 0.1) is 12.8 Å². The summed E-state index contributed by atoms with van der Waals surface area (Å²) >= 11 is 0. The van der Waals surface area contributed by atoms with Gasteiger partial charge >= 0.3 is 0 Å². The molecule has 2 heterocycles. The van der Waals surface area contributed by atoms with E-state index < -0.39 is 0 Å². The predicted octanol–water partition coefficient (Wildman–Crippen LogP) is 5.33. The maximum absolute atomic E-state index is 6.16. The number of hydrogen-bond acceptors (Lipinski definition) is 4. The molecule has 0 saturated heterocycles. The summed E-state index contributed by atoms with van der Waals surface area (Å²) in [4.78, 5) is 6.79. The van der Waals surface area contributed by atoms with E-state index >= 15 is 0 Å². The molecule has 0 radical (unpaired) electrons. The lowest BCUT2D eigenvalue weighted by atomic mass is 10.0. The van der Waals surface area contributed by atoms with Crippen molar-refractivity contribution in [3.63, 3.8) is 0 Å². The van der Waals surface area contributed by atoms with Crippen LogP contribution in [0.5, 0.6) is 17.4 Å². The maximum Gasteiger partial charge on any atom is 0.243 e. The van der Waals surface area contributed by atoms with E-state index in [1.807, 2.05) is 12.1 Å². The SMILES string of the molecule is COc1ccc(CN2c3cc4c(cc3Oc3ncccc32)CCC4)cc1C. The molecule has 0 N–H and O–H groups in total. The van der Waals surface area contributed by atoms with E-state index in [0.29, 0.717) is 5.88 Å². The van der Waals surface area contributed by atoms with Crippen LogP contribution in [0, 0.1) is 6.92 Å². The van der Waals surface area contributed by atoms with Crippen LogP contribution in [0.2, 0.25) is 0 Å². The van der Waals surface area contributed by atoms with Crippen molar-refractivity contribution in [1.82, 2.24) is 4.98 Å². The second-order valence-corrected chi connectivity index (χ2v) is 7.26. The zero-order valence-electron chi connectivity index (χ0n) is 15.7. The number of fused-ring (bicyclic) bond motifs is 3. The van der Waals surface area contributed by atoms with Crippen LogP contribution in [0.25, 0.3) is 0 Å². The minimum Gasteiger partial charge on any atom is -0.496 e. The third-order valence-electron chi connectivity index (χ3n) is 5.51. The van der Waals surface area contributed by atoms with Crippen LogP contribution in [0.1, 0.15) is 28.7 Å². The van der Waals surface area contributed by atoms with Crippen molar-refractivity contribution in [2.45, 2.75) is 32.7 Å². The summed E-state index contributed by atoms with van der Waals surface area (Å²) in [5, 5.41) is 0. The summed E-state index contributed by atoms with van der Waals surface area (Å²) in [6.07, 6.45) is 5.30. The molecule has 0 amide bonds. The zero-order valence-corrected chi connectivity index (χ0v) is 15.7. The van der Waals surface area contributed by atoms with E-state index in [0.717, 1.165) is 47.8 Å². The van der Waals surface area contributed by atoms with Gasteiger partial charge in [-0.3, -0.25) is 0 Å². The average molecular weight is 358 g/mol. The summed E-state index contributed by atoms with van der Waals surface area (Å²) in [6, 6.07) is 14.9. The molecule has 0 saturated carbocycles. The van der Waals surface area contributed by atoms with Crippen LogP contribution in [0.3, 0.4) is 0 Å². The highest BCUT2D eigenvalue weighted by Crippen LogP contribution is 2.48. The molecule has 5 rings (SSSR count). The first kappa shape index (κ1) is 16.2. The Morgan fingerprint density at radius 1 is 1.07 bits per heavy atom. The number of aryl methyl sites for hydroxylation is 3. The first-order chi connectivity index (χ1) is 13.2. The summed E-state index contributed by atoms with van der Waals surface area (Å²) in [5.74, 6) is 2.50. The van der Waals surface area contributed by atoms with E-state index in [1.165, 1.54) is 23.1 Å². The number of anilines is 2. The standard InChI is InChI=1S/C23H22N2O2/c1-15-11-16(8-9-21(15)26-2)14-25-19-7-4-10-24-23(19)27-22-13-18-6-3-5-17(18)12-20(22)25/h4,7-13H,3,5-6,14H2,1-2H3. The van der Waals surface area contributed by atoms with Gasteiger partial charge in [-0.1, -0.05) is 12.1 Å². The van der Waals surface area contributed by atoms with Crippen molar-refractivity contribution >= 4 is 11.4 Å². The largest absolute Gasteiger partial charge is 0.496 e. The van der Waals surface area contributed by atoms with Gasteiger partial charge in [-0.05, 0) is 78.8 Å². The molecule has 2 aliphatic rings. The maximum atomic E-state index is 6.16. The smallest absolute Gasteiger partial charge is 0.243 e. The van der Waals surface area contributed by atoms with Crippen LogP contribution in [0.15, 0.2) is 48.7 Å². The molecule has 136 valence electrons. The first-order valence-electron chi connectivity index (χ1n) is 9.42. The molecule has 0 unspecified atom stereocenters. The van der Waals surface area contributed by atoms with E-state index in [1.54, 1.807) is 13.3 Å². The van der Waals surface area contributed by atoms with Gasteiger partial charge in [0, 0.05) is 12.7 Å². The number of ether oxygens (including phenoxy) is 2. The van der Waals surface area contributed by atoms with Gasteiger partial charge in [0.2, 0.25) is 5.88 Å². The molecule has 4 nitrogen and oxygen atoms in total. The molecule has 1 aromatic heterocycles. The lowest BCUT2D eigenvalue weighted by molar-refractivity contribution is 0.411. The fourth-order valence-electron chi connectivity index (χ4n) is 4.17. The van der Waals surface area contributed by atoms with Crippen molar-refractivity contribution in [2.24, 2.45) is 0 Å². The fraction of sp³-hybridized carbons (Fsp3) is 0.261. The predicted molar refractivity (Wildman–Crippen MR) is 106 cm³/mol. The number of methoxy groups -OCH3 is 1. The average Bonchev–Trinajstić information content (AvgIpc) is 3.14. The molecule has 0 bridgehead atoms. The van der Waals surface area contributed by atoms with Crippen molar-refractivity contribution in [2.75, 3.05) is 12.0 Å². The van der Waals surface area contributed by atoms with Crippen molar-refractivity contribution in [3.05, 3.63) is 70.9 Å². The molecular formula is C23H22N2O2. The highest BCUT2D eigenvalue weighted by atomic mass is 16.5. The van der Waals surface area contributed by atoms with E-state index in [2.05, 4.69) is 47.1 Å². The molecular weight excluding hydrogens is 336 g/mol. The number of rotatable bonds is 3. The molecule has 1 aliphatic carbocycles. The Hall–Kier alpha value is -3.01. The third kappa shape index (κ3) is 2.72. The molecule has 2 aromatic carbocycles. The molecule has 0 spiro atoms. The zero-order chi connectivity index (χ0) is 18.4. The summed E-state index contributed by atoms with van der Waals surface area (Å²) in [5.41, 5.74) is 7.37. The normalized spacial score (nSPS) is 14.2. The van der Waals surface area contributed by atoms with Crippen molar-refractivity contribution < 1.29 is 9.47 Å². The van der Waals surface area contributed by atoms with Gasteiger partial charge < -0.3 is 14.4 Å². The summed E-state index contributed by atoms with van der Waals surface area (Å²) in [7, 11) is 1.71. The van der Waals surface area contributed by atoms with Crippen molar-refractivity contribution in [1.29, 1.82) is 0 Å². The number of hydrogen-bond donors (Lipinski definition) is 0. The van der Waals surface area contributed by atoms with Crippen LogP contribution >= 0.6 is 0 Å². The van der Waals surface area contributed by atoms with Crippen LogP contribution < -0.4 is 14.4 Å². The topological polar surface area (TPSA) is 34.6 Å². The Balaban J connectivity index is 1.60. The van der Waals surface area contributed by atoms with E-state index in [4.69, 9.17) is 9.47 Å². The molecule has 0 fully saturated rings. The minimum atomic E-state index is 0.674. The van der Waals surface area contributed by atoms with Crippen LogP contribution in [-0.4, -0.2) is 12.1 Å². The fourth-order valence-corrected chi connectivity index (χ4v) is 4.17. The summed E-state index contributed by atoms with van der Waals surface area (Å²) < 4.78 is 11.6. The number of pyridine rings is 1. The number of benzene rings is 2. The monoisotopic (exact) mass is 358 g/mol. The van der Waals surface area contributed by atoms with Gasteiger partial charge in [0.15, 0.2) is 5.75 Å². The lowest BCUT2D eigenvalue weighted by Gasteiger charge is -2.32. The lowest BCUT2D eigenvalue weighted by Crippen LogP contribution is -2.21. The van der Waals surface area contributed by atoms with Gasteiger partial charge in [-0.2, -0.15) is 0 Å². The number of aromatic nitrogens is 1. The molecule has 1 aliphatic heterocycles. The van der Waals surface area contributed by atoms with Gasteiger partial charge in [0.25, 0.3) is 0 Å². The van der Waals surface area contributed by atoms with Gasteiger partial charge in [0.1, 0.15) is 11.4 Å². The van der Waals surface area contributed by atoms with Gasteiger partial charge in [-0.15, -0.1) is 0 Å². The third-order valence-corrected chi connectivity index (χ3v) is 5.51. The Labute approximate surface area is 159 Å². The van der Waals surface area contributed by atoms with E-state index in [9.17, 15) is 0 Å². The molecule has 27 heavy (non-hydrogen) atoms. The second-order valence-electron chi connectivity index (χ2n) is 7.26. The quantitative estimate of drug-likeness (QED) is 0.634.